The van der Waals surface area contributed by atoms with E-state index in [1.165, 1.54) is 0 Å². The average molecular weight is 621 g/mol. The molecule has 17 heteroatoms. The zero-order valence-corrected chi connectivity index (χ0v) is 24.1. The fourth-order valence-corrected chi connectivity index (χ4v) is 4.41. The normalized spacial score (nSPS) is 13.0. The second kappa shape index (κ2) is 17.4. The predicted molar refractivity (Wildman–Crippen MR) is 144 cm³/mol. The second-order valence-electron chi connectivity index (χ2n) is 8.20. The first-order chi connectivity index (χ1) is 19.2. The summed E-state index contributed by atoms with van der Waals surface area (Å²) >= 11 is 0. The average Bonchev–Trinajstić information content (AvgIpc) is 2.91. The van der Waals surface area contributed by atoms with Crippen LogP contribution in [-0.2, 0) is 33.1 Å². The Morgan fingerprint density at radius 2 is 0.976 bits per heavy atom. The molecule has 0 fully saturated rings. The van der Waals surface area contributed by atoms with Gasteiger partial charge in [0.2, 0.25) is 0 Å². The van der Waals surface area contributed by atoms with Crippen molar-refractivity contribution in [3.05, 3.63) is 78.2 Å². The molecule has 2 atom stereocenters. The standard InChI is InChI=1S/2C8H11FN2O3S.C8H9FN2/c2*1-2-7(15(12,13)14)3-8-10-4-6(9)5-11-8;1-2-3-4-8-10-5-7(9)6-11-8/h2*4-5,7H,2-3H2,1H3,(H,12,13,14);3-6H,2H2,1H3/b;;4-3+/t2*7-;/m10./s1. The van der Waals surface area contributed by atoms with E-state index in [-0.39, 0.29) is 37.3 Å². The molecule has 0 aliphatic rings. The van der Waals surface area contributed by atoms with Crippen LogP contribution in [0.25, 0.3) is 6.08 Å². The summed E-state index contributed by atoms with van der Waals surface area (Å²) in [5.74, 6) is -0.633. The van der Waals surface area contributed by atoms with E-state index in [2.05, 4.69) is 29.9 Å². The molecule has 0 spiro atoms. The van der Waals surface area contributed by atoms with Gasteiger partial charge in [-0.05, 0) is 25.3 Å². The second-order valence-corrected chi connectivity index (χ2v) is 11.6. The van der Waals surface area contributed by atoms with Crippen LogP contribution in [0.3, 0.4) is 0 Å². The number of allylic oxidation sites excluding steroid dienone is 1. The Morgan fingerprint density at radius 1 is 0.659 bits per heavy atom. The van der Waals surface area contributed by atoms with Crippen molar-refractivity contribution in [2.24, 2.45) is 0 Å². The predicted octanol–water partition coefficient (Wildman–Crippen LogP) is 3.69. The number of rotatable bonds is 10. The summed E-state index contributed by atoms with van der Waals surface area (Å²) in [6.07, 6.45) is 11.2. The van der Waals surface area contributed by atoms with Crippen molar-refractivity contribution in [3.8, 4) is 0 Å². The third-order valence-corrected chi connectivity index (χ3v) is 7.75. The van der Waals surface area contributed by atoms with Crippen molar-refractivity contribution in [2.75, 3.05) is 0 Å². The van der Waals surface area contributed by atoms with Gasteiger partial charge in [0.25, 0.3) is 20.2 Å². The van der Waals surface area contributed by atoms with E-state index in [0.29, 0.717) is 5.82 Å². The molecule has 0 aliphatic carbocycles. The van der Waals surface area contributed by atoms with Crippen molar-refractivity contribution in [2.45, 2.75) is 63.4 Å². The molecular weight excluding hydrogens is 589 g/mol. The van der Waals surface area contributed by atoms with Gasteiger partial charge in [-0.3, -0.25) is 9.11 Å². The summed E-state index contributed by atoms with van der Waals surface area (Å²) < 4.78 is 98.3. The molecule has 0 saturated carbocycles. The number of nitrogens with zero attached hydrogens (tertiary/aromatic N) is 6. The van der Waals surface area contributed by atoms with Crippen LogP contribution < -0.4 is 0 Å². The lowest BCUT2D eigenvalue weighted by Gasteiger charge is -2.09. The molecule has 12 nitrogen and oxygen atoms in total. The molecule has 0 amide bonds. The van der Waals surface area contributed by atoms with Crippen LogP contribution in [0.4, 0.5) is 13.2 Å². The number of halogens is 3. The van der Waals surface area contributed by atoms with Gasteiger partial charge in [0.15, 0.2) is 23.3 Å². The topological polar surface area (TPSA) is 186 Å². The molecular formula is C24H31F3N6O6S2. The largest absolute Gasteiger partial charge is 0.285 e. The zero-order valence-electron chi connectivity index (χ0n) is 22.5. The molecule has 0 bridgehead atoms. The Hall–Kier alpha value is -3.41. The number of aromatic nitrogens is 6. The molecule has 3 aromatic heterocycles. The van der Waals surface area contributed by atoms with E-state index in [1.54, 1.807) is 19.9 Å². The van der Waals surface area contributed by atoms with Gasteiger partial charge >= 0.3 is 0 Å². The fraction of sp³-hybridized carbons (Fsp3) is 0.417. The minimum atomic E-state index is -4.10. The van der Waals surface area contributed by atoms with Crippen LogP contribution in [-0.4, -0.2) is 66.3 Å². The monoisotopic (exact) mass is 620 g/mol. The summed E-state index contributed by atoms with van der Waals surface area (Å²) in [6, 6.07) is 0. The van der Waals surface area contributed by atoms with E-state index in [4.69, 9.17) is 9.11 Å². The quantitative estimate of drug-likeness (QED) is 0.314. The van der Waals surface area contributed by atoms with E-state index >= 15 is 0 Å². The van der Waals surface area contributed by atoms with Crippen molar-refractivity contribution < 1.29 is 39.1 Å². The van der Waals surface area contributed by atoms with E-state index in [1.807, 2.05) is 13.0 Å². The Morgan fingerprint density at radius 3 is 1.24 bits per heavy atom. The smallest absolute Gasteiger partial charge is 0.268 e. The minimum Gasteiger partial charge on any atom is -0.285 e. The van der Waals surface area contributed by atoms with Gasteiger partial charge in [0.1, 0.15) is 11.6 Å². The highest BCUT2D eigenvalue weighted by molar-refractivity contribution is 7.86. The van der Waals surface area contributed by atoms with E-state index in [9.17, 15) is 30.0 Å². The van der Waals surface area contributed by atoms with Gasteiger partial charge in [0.05, 0.1) is 47.7 Å². The first-order valence-electron chi connectivity index (χ1n) is 12.2. The number of hydrogen-bond acceptors (Lipinski definition) is 10. The molecule has 0 aliphatic heterocycles. The van der Waals surface area contributed by atoms with Crippen LogP contribution in [0.1, 0.15) is 57.5 Å². The maximum absolute atomic E-state index is 12.4. The highest BCUT2D eigenvalue weighted by Gasteiger charge is 2.23. The molecule has 41 heavy (non-hydrogen) atoms. The van der Waals surface area contributed by atoms with Crippen LogP contribution in [0, 0.1) is 17.5 Å². The van der Waals surface area contributed by atoms with Crippen LogP contribution in [0.5, 0.6) is 0 Å². The van der Waals surface area contributed by atoms with Crippen LogP contribution in [0.15, 0.2) is 43.3 Å². The maximum atomic E-state index is 12.4. The first-order valence-corrected chi connectivity index (χ1v) is 15.2. The van der Waals surface area contributed by atoms with E-state index < -0.39 is 48.2 Å². The molecule has 3 aromatic rings. The Kier molecular flexibility index (Phi) is 15.1. The number of hydrogen-bond donors (Lipinski definition) is 2. The van der Waals surface area contributed by atoms with Crippen LogP contribution >= 0.6 is 0 Å². The SMILES string of the molecule is CC/C=C/c1ncc(F)cn1.CC[C@@H](Cc1ncc(F)cn1)S(=O)(=O)O.CC[C@H](Cc1ncc(F)cn1)S(=O)(=O)O. The summed E-state index contributed by atoms with van der Waals surface area (Å²) in [5, 5.41) is -1.88. The van der Waals surface area contributed by atoms with Crippen molar-refractivity contribution in [1.29, 1.82) is 0 Å². The van der Waals surface area contributed by atoms with Gasteiger partial charge in [-0.2, -0.15) is 16.8 Å². The fourth-order valence-electron chi connectivity index (χ4n) is 2.85. The third kappa shape index (κ3) is 14.7. The molecule has 0 aromatic carbocycles. The molecule has 2 N–H and O–H groups in total. The lowest BCUT2D eigenvalue weighted by atomic mass is 10.2. The summed E-state index contributed by atoms with van der Waals surface area (Å²) in [5.41, 5.74) is 0. The minimum absolute atomic E-state index is 0.0182. The Bertz CT molecular complexity index is 1340. The van der Waals surface area contributed by atoms with Gasteiger partial charge in [-0.25, -0.2) is 43.1 Å². The van der Waals surface area contributed by atoms with Crippen molar-refractivity contribution in [3.63, 3.8) is 0 Å². The summed E-state index contributed by atoms with van der Waals surface area (Å²) in [7, 11) is -8.19. The van der Waals surface area contributed by atoms with Gasteiger partial charge in [-0.1, -0.05) is 26.8 Å². The van der Waals surface area contributed by atoms with Gasteiger partial charge in [-0.15, -0.1) is 0 Å². The molecule has 3 rings (SSSR count). The van der Waals surface area contributed by atoms with Crippen molar-refractivity contribution >= 4 is 26.3 Å². The lowest BCUT2D eigenvalue weighted by molar-refractivity contribution is 0.459. The summed E-state index contributed by atoms with van der Waals surface area (Å²) in [6.45, 7) is 5.27. The Balaban J connectivity index is 0.000000312. The van der Waals surface area contributed by atoms with Crippen LogP contribution in [0.2, 0.25) is 0 Å². The summed E-state index contributed by atoms with van der Waals surface area (Å²) in [4.78, 5) is 22.0. The maximum Gasteiger partial charge on any atom is 0.268 e. The molecule has 0 saturated heterocycles. The first kappa shape index (κ1) is 35.6. The third-order valence-electron chi connectivity index (χ3n) is 5.06. The highest BCUT2D eigenvalue weighted by Crippen LogP contribution is 2.10. The lowest BCUT2D eigenvalue weighted by Crippen LogP contribution is -2.23. The Labute approximate surface area is 236 Å². The molecule has 0 unspecified atom stereocenters. The van der Waals surface area contributed by atoms with Gasteiger partial charge < -0.3 is 0 Å². The highest BCUT2D eigenvalue weighted by atomic mass is 32.2. The van der Waals surface area contributed by atoms with Gasteiger partial charge in [0, 0.05) is 12.8 Å². The van der Waals surface area contributed by atoms with Crippen molar-refractivity contribution in [1.82, 2.24) is 29.9 Å². The molecule has 0 radical (unpaired) electrons. The van der Waals surface area contributed by atoms with E-state index in [0.717, 1.165) is 43.6 Å². The zero-order chi connectivity index (χ0) is 31.1. The molecule has 226 valence electrons. The molecule has 3 heterocycles.